The molecule has 10 nitrogen and oxygen atoms in total. The summed E-state index contributed by atoms with van der Waals surface area (Å²) in [4.78, 5) is 21.5. The summed E-state index contributed by atoms with van der Waals surface area (Å²) in [5, 5.41) is 11.7. The highest BCUT2D eigenvalue weighted by Crippen LogP contribution is 2.32. The molecule has 3 N–H and O–H groups in total. The number of nitrogens with one attached hydrogen (secondary N) is 3. The van der Waals surface area contributed by atoms with Gasteiger partial charge in [-0.15, -0.1) is 0 Å². The number of hydrogen-bond acceptors (Lipinski definition) is 8. The molecule has 12 heteroatoms. The third-order valence-corrected chi connectivity index (χ3v) is 7.71. The minimum Gasteiger partial charge on any atom is -0.335 e. The van der Waals surface area contributed by atoms with Crippen molar-refractivity contribution in [2.75, 3.05) is 18.6 Å². The lowest BCUT2D eigenvalue weighted by molar-refractivity contribution is 0.600. The molecule has 0 atom stereocenters. The standard InChI is InChI=1S/C29H27FN8O2S/c1-3-31-11-18-7-20(13-32-12-18)24-10-22-25(16-34-24)37-38-28(22)29-35-26-15-33-14-23(27(26)36-29)19-6-17(8-21(30)9-19)4-5-41(2,39)40/h6-10,12-16,31H,3-5,11H2,1-2H3,(H,35,36)(H,37,38). The fourth-order valence-corrected chi connectivity index (χ4v) is 5.37. The van der Waals surface area contributed by atoms with Gasteiger partial charge in [0, 0.05) is 47.9 Å². The van der Waals surface area contributed by atoms with Gasteiger partial charge in [0.15, 0.2) is 5.82 Å². The van der Waals surface area contributed by atoms with E-state index in [9.17, 15) is 12.8 Å². The van der Waals surface area contributed by atoms with Crippen molar-refractivity contribution in [2.45, 2.75) is 19.9 Å². The summed E-state index contributed by atoms with van der Waals surface area (Å²) in [6.45, 7) is 3.64. The second-order valence-corrected chi connectivity index (χ2v) is 12.2. The topological polar surface area (TPSA) is 142 Å². The van der Waals surface area contributed by atoms with Gasteiger partial charge in [0.25, 0.3) is 0 Å². The lowest BCUT2D eigenvalue weighted by atomic mass is 10.0. The highest BCUT2D eigenvalue weighted by atomic mass is 32.2. The molecule has 0 aliphatic heterocycles. The highest BCUT2D eigenvalue weighted by molar-refractivity contribution is 7.90. The van der Waals surface area contributed by atoms with E-state index in [0.717, 1.165) is 40.8 Å². The Kier molecular flexibility index (Phi) is 7.01. The molecule has 208 valence electrons. The van der Waals surface area contributed by atoms with Crippen LogP contribution in [0.4, 0.5) is 4.39 Å². The zero-order chi connectivity index (χ0) is 28.6. The Morgan fingerprint density at radius 2 is 1.76 bits per heavy atom. The first kappa shape index (κ1) is 26.7. The number of nitrogens with zero attached hydrogens (tertiary/aromatic N) is 5. The van der Waals surface area contributed by atoms with Crippen LogP contribution in [0.3, 0.4) is 0 Å². The van der Waals surface area contributed by atoms with Crippen LogP contribution in [0.15, 0.2) is 61.3 Å². The summed E-state index contributed by atoms with van der Waals surface area (Å²) in [6.07, 6.45) is 10.0. The average molecular weight is 571 g/mol. The second kappa shape index (κ2) is 10.8. The van der Waals surface area contributed by atoms with Crippen molar-refractivity contribution in [3.05, 3.63) is 78.3 Å². The van der Waals surface area contributed by atoms with Gasteiger partial charge in [0.2, 0.25) is 0 Å². The molecular formula is C29H27FN8O2S. The fourth-order valence-electron chi connectivity index (χ4n) is 4.76. The maximum Gasteiger partial charge on any atom is 0.159 e. The van der Waals surface area contributed by atoms with Gasteiger partial charge in [-0.25, -0.2) is 17.8 Å². The molecule has 1 aromatic carbocycles. The van der Waals surface area contributed by atoms with E-state index in [4.69, 9.17) is 4.98 Å². The van der Waals surface area contributed by atoms with E-state index in [2.05, 4.69) is 48.4 Å². The first-order valence-corrected chi connectivity index (χ1v) is 15.1. The van der Waals surface area contributed by atoms with E-state index in [-0.39, 0.29) is 12.2 Å². The van der Waals surface area contributed by atoms with Crippen molar-refractivity contribution in [1.29, 1.82) is 0 Å². The van der Waals surface area contributed by atoms with Gasteiger partial charge < -0.3 is 10.3 Å². The largest absolute Gasteiger partial charge is 0.335 e. The number of aromatic amines is 2. The summed E-state index contributed by atoms with van der Waals surface area (Å²) in [6, 6.07) is 8.54. The molecule has 0 saturated heterocycles. The number of benzene rings is 1. The molecule has 5 heterocycles. The van der Waals surface area contributed by atoms with Crippen LogP contribution in [0.25, 0.3) is 55.8 Å². The lowest BCUT2D eigenvalue weighted by Crippen LogP contribution is -2.11. The molecular weight excluding hydrogens is 543 g/mol. The second-order valence-electron chi connectivity index (χ2n) is 9.95. The predicted molar refractivity (Wildman–Crippen MR) is 156 cm³/mol. The minimum absolute atomic E-state index is 0.0655. The zero-order valence-corrected chi connectivity index (χ0v) is 23.3. The predicted octanol–water partition coefficient (Wildman–Crippen LogP) is 4.46. The van der Waals surface area contributed by atoms with Crippen molar-refractivity contribution >= 4 is 31.8 Å². The van der Waals surface area contributed by atoms with Crippen LogP contribution >= 0.6 is 0 Å². The van der Waals surface area contributed by atoms with Gasteiger partial charge in [0.05, 0.1) is 40.4 Å². The maximum absolute atomic E-state index is 14.6. The Morgan fingerprint density at radius 3 is 2.59 bits per heavy atom. The summed E-state index contributed by atoms with van der Waals surface area (Å²) in [7, 11) is -3.19. The van der Waals surface area contributed by atoms with E-state index < -0.39 is 15.7 Å². The molecule has 0 unspecified atom stereocenters. The Bertz CT molecular complexity index is 2000. The van der Waals surface area contributed by atoms with Crippen LogP contribution in [0.5, 0.6) is 0 Å². The van der Waals surface area contributed by atoms with Crippen LogP contribution in [-0.4, -0.2) is 62.1 Å². The van der Waals surface area contributed by atoms with Crippen LogP contribution in [0.1, 0.15) is 18.1 Å². The molecule has 41 heavy (non-hydrogen) atoms. The van der Waals surface area contributed by atoms with Gasteiger partial charge >= 0.3 is 0 Å². The molecule has 6 aromatic rings. The third-order valence-electron chi connectivity index (χ3n) is 6.77. The number of aryl methyl sites for hydroxylation is 1. The summed E-state index contributed by atoms with van der Waals surface area (Å²) in [5.74, 6) is -0.00394. The molecule has 0 radical (unpaired) electrons. The molecule has 5 aromatic heterocycles. The van der Waals surface area contributed by atoms with Crippen molar-refractivity contribution in [1.82, 2.24) is 40.4 Å². The molecule has 0 bridgehead atoms. The van der Waals surface area contributed by atoms with Gasteiger partial charge in [-0.3, -0.25) is 20.1 Å². The fraction of sp³-hybridized carbons (Fsp3) is 0.207. The number of H-pyrrole nitrogens is 2. The van der Waals surface area contributed by atoms with Gasteiger partial charge in [-0.05, 0) is 53.9 Å². The smallest absolute Gasteiger partial charge is 0.159 e. The SMILES string of the molecule is CCNCc1cncc(-c2cc3c(-c4nc5c(-c6cc(F)cc(CCS(C)(=O)=O)c6)cncc5[nH]4)n[nH]c3cn2)c1. The van der Waals surface area contributed by atoms with E-state index in [1.807, 2.05) is 12.3 Å². The number of rotatable bonds is 9. The van der Waals surface area contributed by atoms with Crippen LogP contribution in [0, 0.1) is 5.82 Å². The number of fused-ring (bicyclic) bond motifs is 2. The Hall–Kier alpha value is -4.55. The number of aromatic nitrogens is 7. The van der Waals surface area contributed by atoms with E-state index in [0.29, 0.717) is 39.2 Å². The van der Waals surface area contributed by atoms with Crippen molar-refractivity contribution in [2.24, 2.45) is 0 Å². The lowest BCUT2D eigenvalue weighted by Gasteiger charge is -2.07. The van der Waals surface area contributed by atoms with Gasteiger partial charge in [0.1, 0.15) is 21.3 Å². The number of pyridine rings is 3. The van der Waals surface area contributed by atoms with Crippen LogP contribution in [0.2, 0.25) is 0 Å². The first-order valence-electron chi connectivity index (χ1n) is 13.1. The molecule has 0 aliphatic rings. The van der Waals surface area contributed by atoms with E-state index >= 15 is 0 Å². The van der Waals surface area contributed by atoms with Crippen LogP contribution in [-0.2, 0) is 22.8 Å². The molecule has 0 spiro atoms. The normalized spacial score (nSPS) is 12.0. The number of imidazole rings is 1. The van der Waals surface area contributed by atoms with Crippen molar-refractivity contribution in [3.63, 3.8) is 0 Å². The molecule has 6 rings (SSSR count). The van der Waals surface area contributed by atoms with Crippen molar-refractivity contribution in [3.8, 4) is 33.9 Å². The highest BCUT2D eigenvalue weighted by Gasteiger charge is 2.17. The maximum atomic E-state index is 14.6. The van der Waals surface area contributed by atoms with E-state index in [1.54, 1.807) is 30.9 Å². The van der Waals surface area contributed by atoms with Gasteiger partial charge in [-0.1, -0.05) is 13.0 Å². The zero-order valence-electron chi connectivity index (χ0n) is 22.4. The summed E-state index contributed by atoms with van der Waals surface area (Å²) < 4.78 is 37.9. The Morgan fingerprint density at radius 1 is 0.927 bits per heavy atom. The number of halogens is 1. The third kappa shape index (κ3) is 5.70. The quantitative estimate of drug-likeness (QED) is 0.231. The molecule has 0 amide bonds. The Balaban J connectivity index is 1.39. The molecule has 0 aliphatic carbocycles. The van der Waals surface area contributed by atoms with Crippen LogP contribution < -0.4 is 5.32 Å². The average Bonchev–Trinajstić information content (AvgIpc) is 3.58. The van der Waals surface area contributed by atoms with Crippen molar-refractivity contribution < 1.29 is 12.8 Å². The monoisotopic (exact) mass is 570 g/mol. The summed E-state index contributed by atoms with van der Waals surface area (Å²) >= 11 is 0. The molecule has 0 saturated carbocycles. The van der Waals surface area contributed by atoms with E-state index in [1.165, 1.54) is 18.4 Å². The Labute approximate surface area is 235 Å². The molecule has 0 fully saturated rings. The number of hydrogen-bond donors (Lipinski definition) is 3. The first-order chi connectivity index (χ1) is 19.8. The summed E-state index contributed by atoms with van der Waals surface area (Å²) in [5.41, 5.74) is 7.09. The van der Waals surface area contributed by atoms with Gasteiger partial charge in [-0.2, -0.15) is 5.10 Å². The minimum atomic E-state index is -3.19. The number of sulfone groups is 1.